The summed E-state index contributed by atoms with van der Waals surface area (Å²) in [7, 11) is 0. The van der Waals surface area contributed by atoms with Crippen LogP contribution in [0.1, 0.15) is 133 Å². The number of nitrogens with one attached hydrogen (secondary N) is 1. The first kappa shape index (κ1) is 28.9. The zero-order valence-corrected chi connectivity index (χ0v) is 21.0. The van der Waals surface area contributed by atoms with Crippen LogP contribution in [0.15, 0.2) is 36.4 Å². The van der Waals surface area contributed by atoms with Gasteiger partial charge in [0.25, 0.3) is 0 Å². The van der Waals surface area contributed by atoms with Crippen molar-refractivity contribution < 1.29 is 14.7 Å². The van der Waals surface area contributed by atoms with E-state index >= 15 is 0 Å². The molecule has 33 heavy (non-hydrogen) atoms. The Hall–Kier alpha value is -2.10. The van der Waals surface area contributed by atoms with Gasteiger partial charge in [0.05, 0.1) is 5.56 Å². The van der Waals surface area contributed by atoms with E-state index < -0.39 is 5.97 Å². The zero-order chi connectivity index (χ0) is 24.0. The highest BCUT2D eigenvalue weighted by molar-refractivity contribution is 5.93. The SMILES string of the molecule is CCCCCCCCC=CCCCCCCCCCCCC(=O)Nc1cccc(C(=O)O)c1. The van der Waals surface area contributed by atoms with Crippen molar-refractivity contribution >= 4 is 17.6 Å². The van der Waals surface area contributed by atoms with Crippen LogP contribution < -0.4 is 5.32 Å². The zero-order valence-electron chi connectivity index (χ0n) is 21.0. The van der Waals surface area contributed by atoms with Crippen LogP contribution in [0.2, 0.25) is 0 Å². The summed E-state index contributed by atoms with van der Waals surface area (Å²) >= 11 is 0. The second kappa shape index (κ2) is 20.5. The average Bonchev–Trinajstić information content (AvgIpc) is 2.80. The lowest BCUT2D eigenvalue weighted by Gasteiger charge is -2.06. The van der Waals surface area contributed by atoms with Crippen LogP contribution in [0.3, 0.4) is 0 Å². The van der Waals surface area contributed by atoms with E-state index in [0.29, 0.717) is 12.1 Å². The molecule has 1 aromatic rings. The van der Waals surface area contributed by atoms with Gasteiger partial charge < -0.3 is 10.4 Å². The molecule has 1 amide bonds. The van der Waals surface area contributed by atoms with Crippen LogP contribution in [0.25, 0.3) is 0 Å². The van der Waals surface area contributed by atoms with Gasteiger partial charge in [0.2, 0.25) is 5.91 Å². The molecule has 0 aliphatic carbocycles. The van der Waals surface area contributed by atoms with Crippen LogP contribution in [0, 0.1) is 0 Å². The van der Waals surface area contributed by atoms with Gasteiger partial charge in [-0.15, -0.1) is 0 Å². The molecular formula is C29H47NO3. The van der Waals surface area contributed by atoms with Crippen molar-refractivity contribution in [3.8, 4) is 0 Å². The molecule has 4 nitrogen and oxygen atoms in total. The van der Waals surface area contributed by atoms with Crippen molar-refractivity contribution in [3.63, 3.8) is 0 Å². The number of carboxylic acids is 1. The third-order valence-corrected chi connectivity index (χ3v) is 6.06. The van der Waals surface area contributed by atoms with E-state index in [1.54, 1.807) is 12.1 Å². The second-order valence-electron chi connectivity index (χ2n) is 9.18. The van der Waals surface area contributed by atoms with E-state index in [0.717, 1.165) is 12.8 Å². The first-order valence-electron chi connectivity index (χ1n) is 13.4. The number of amides is 1. The fourth-order valence-electron chi connectivity index (χ4n) is 4.02. The number of hydrogen-bond acceptors (Lipinski definition) is 2. The molecule has 4 heteroatoms. The van der Waals surface area contributed by atoms with Crippen molar-refractivity contribution in [1.82, 2.24) is 0 Å². The minimum absolute atomic E-state index is 0.0430. The third-order valence-electron chi connectivity index (χ3n) is 6.06. The smallest absolute Gasteiger partial charge is 0.335 e. The predicted octanol–water partition coefficient (Wildman–Crippen LogP) is 8.92. The number of anilines is 1. The number of benzene rings is 1. The molecule has 1 aromatic carbocycles. The second-order valence-corrected chi connectivity index (χ2v) is 9.18. The number of hydrogen-bond donors (Lipinski definition) is 2. The molecule has 0 saturated heterocycles. The van der Waals surface area contributed by atoms with Crippen LogP contribution in [-0.4, -0.2) is 17.0 Å². The molecular weight excluding hydrogens is 410 g/mol. The predicted molar refractivity (Wildman–Crippen MR) is 140 cm³/mol. The van der Waals surface area contributed by atoms with Gasteiger partial charge in [0, 0.05) is 12.1 Å². The fraction of sp³-hybridized carbons (Fsp3) is 0.655. The van der Waals surface area contributed by atoms with Gasteiger partial charge in [0.1, 0.15) is 0 Å². The molecule has 0 radical (unpaired) electrons. The Morgan fingerprint density at radius 2 is 1.27 bits per heavy atom. The van der Waals surface area contributed by atoms with Crippen molar-refractivity contribution in [2.45, 2.75) is 122 Å². The lowest BCUT2D eigenvalue weighted by Crippen LogP contribution is -2.11. The Bertz CT molecular complexity index is 669. The maximum Gasteiger partial charge on any atom is 0.335 e. The van der Waals surface area contributed by atoms with Crippen LogP contribution >= 0.6 is 0 Å². The van der Waals surface area contributed by atoms with Crippen molar-refractivity contribution in [2.75, 3.05) is 5.32 Å². The third kappa shape index (κ3) is 17.1. The number of allylic oxidation sites excluding steroid dienone is 2. The number of carboxylic acid groups (broad SMARTS) is 1. The maximum atomic E-state index is 12.0. The first-order chi connectivity index (χ1) is 16.1. The molecule has 0 aromatic heterocycles. The van der Waals surface area contributed by atoms with Gasteiger partial charge >= 0.3 is 5.97 Å². The molecule has 0 bridgehead atoms. The number of carbonyl (C=O) groups excluding carboxylic acids is 1. The summed E-state index contributed by atoms with van der Waals surface area (Å²) < 4.78 is 0. The van der Waals surface area contributed by atoms with E-state index in [9.17, 15) is 9.59 Å². The molecule has 0 atom stereocenters. The molecule has 0 fully saturated rings. The van der Waals surface area contributed by atoms with Gasteiger partial charge in [0.15, 0.2) is 0 Å². The quantitative estimate of drug-likeness (QED) is 0.143. The molecule has 186 valence electrons. The Morgan fingerprint density at radius 1 is 0.758 bits per heavy atom. The van der Waals surface area contributed by atoms with Gasteiger partial charge in [-0.05, 0) is 50.3 Å². The summed E-state index contributed by atoms with van der Waals surface area (Å²) in [6.07, 6.45) is 27.0. The molecule has 0 heterocycles. The number of carbonyl (C=O) groups is 2. The van der Waals surface area contributed by atoms with Crippen LogP contribution in [-0.2, 0) is 4.79 Å². The van der Waals surface area contributed by atoms with E-state index in [4.69, 9.17) is 5.11 Å². The topological polar surface area (TPSA) is 66.4 Å². The summed E-state index contributed by atoms with van der Waals surface area (Å²) in [6, 6.07) is 6.38. The molecule has 2 N–H and O–H groups in total. The average molecular weight is 458 g/mol. The Kier molecular flexibility index (Phi) is 18.0. The van der Waals surface area contributed by atoms with Gasteiger partial charge in [-0.3, -0.25) is 4.79 Å². The van der Waals surface area contributed by atoms with Crippen LogP contribution in [0.4, 0.5) is 5.69 Å². The highest BCUT2D eigenvalue weighted by Gasteiger charge is 2.06. The summed E-state index contributed by atoms with van der Waals surface area (Å²) in [5, 5.41) is 11.8. The fourth-order valence-corrected chi connectivity index (χ4v) is 4.02. The summed E-state index contributed by atoms with van der Waals surface area (Å²) in [5.41, 5.74) is 0.737. The van der Waals surface area contributed by atoms with Gasteiger partial charge in [-0.2, -0.15) is 0 Å². The van der Waals surface area contributed by atoms with Gasteiger partial charge in [-0.25, -0.2) is 4.79 Å². The molecule has 0 aliphatic heterocycles. The standard InChI is InChI=1S/C29H47NO3/c1-2-3-4-5-6-7-8-9-10-11-12-13-14-15-16-17-18-19-20-24-28(31)30-27-23-21-22-26(25-27)29(32)33/h9-10,21-23,25H,2-8,11-20,24H2,1H3,(H,30,31)(H,32,33). The number of aromatic carboxylic acids is 1. The minimum atomic E-state index is -0.985. The minimum Gasteiger partial charge on any atom is -0.478 e. The van der Waals surface area contributed by atoms with E-state index in [1.165, 1.54) is 108 Å². The van der Waals surface area contributed by atoms with Gasteiger partial charge in [-0.1, -0.05) is 102 Å². The highest BCUT2D eigenvalue weighted by Crippen LogP contribution is 2.14. The number of unbranched alkanes of at least 4 members (excludes halogenated alkanes) is 15. The Morgan fingerprint density at radius 3 is 1.82 bits per heavy atom. The molecule has 0 saturated carbocycles. The largest absolute Gasteiger partial charge is 0.478 e. The van der Waals surface area contributed by atoms with Crippen molar-refractivity contribution in [2.24, 2.45) is 0 Å². The maximum absolute atomic E-state index is 12.0. The Labute approximate surface area is 202 Å². The van der Waals surface area contributed by atoms with E-state index in [-0.39, 0.29) is 11.5 Å². The summed E-state index contributed by atoms with van der Waals surface area (Å²) in [5.74, 6) is -1.03. The molecule has 1 rings (SSSR count). The molecule has 0 spiro atoms. The number of rotatable bonds is 21. The normalized spacial score (nSPS) is 11.2. The summed E-state index contributed by atoms with van der Waals surface area (Å²) in [6.45, 7) is 2.27. The van der Waals surface area contributed by atoms with E-state index in [1.807, 2.05) is 0 Å². The van der Waals surface area contributed by atoms with Crippen LogP contribution in [0.5, 0.6) is 0 Å². The Balaban J connectivity index is 1.86. The lowest BCUT2D eigenvalue weighted by atomic mass is 10.1. The van der Waals surface area contributed by atoms with E-state index in [2.05, 4.69) is 24.4 Å². The summed E-state index contributed by atoms with van der Waals surface area (Å²) in [4.78, 5) is 23.0. The van der Waals surface area contributed by atoms with Crippen molar-refractivity contribution in [3.05, 3.63) is 42.0 Å². The molecule has 0 aliphatic rings. The monoisotopic (exact) mass is 457 g/mol. The molecule has 0 unspecified atom stereocenters. The van der Waals surface area contributed by atoms with Crippen molar-refractivity contribution in [1.29, 1.82) is 0 Å². The first-order valence-corrected chi connectivity index (χ1v) is 13.4. The lowest BCUT2D eigenvalue weighted by molar-refractivity contribution is -0.116. The highest BCUT2D eigenvalue weighted by atomic mass is 16.4.